The number of benzene rings is 1. The minimum Gasteiger partial charge on any atom is -0.478 e. The molecule has 0 aliphatic heterocycles. The van der Waals surface area contributed by atoms with Crippen LogP contribution in [0.2, 0.25) is 0 Å². The van der Waals surface area contributed by atoms with Crippen LogP contribution in [-0.4, -0.2) is 22.6 Å². The van der Waals surface area contributed by atoms with E-state index >= 15 is 0 Å². The predicted octanol–water partition coefficient (Wildman–Crippen LogP) is 2.38. The molecule has 3 N–H and O–H groups in total. The Hall–Kier alpha value is -2.30. The summed E-state index contributed by atoms with van der Waals surface area (Å²) in [6.45, 7) is 6.11. The van der Waals surface area contributed by atoms with Crippen LogP contribution >= 0.6 is 0 Å². The average molecular weight is 276 g/mol. The molecule has 0 atom stereocenters. The number of amides is 2. The van der Waals surface area contributed by atoms with E-state index in [0.29, 0.717) is 6.54 Å². The van der Waals surface area contributed by atoms with Gasteiger partial charge in [0.1, 0.15) is 0 Å². The molecule has 0 aliphatic carbocycles. The summed E-state index contributed by atoms with van der Waals surface area (Å²) in [4.78, 5) is 22.1. The molecule has 20 heavy (non-hydrogen) atoms. The Morgan fingerprint density at radius 3 is 2.60 bits per heavy atom. The molecule has 0 bridgehead atoms. The molecule has 0 aromatic heterocycles. The Morgan fingerprint density at radius 1 is 1.30 bits per heavy atom. The first kappa shape index (κ1) is 15.8. The highest BCUT2D eigenvalue weighted by atomic mass is 16.4. The minimum absolute atomic E-state index is 0.232. The Labute approximate surface area is 118 Å². The summed E-state index contributed by atoms with van der Waals surface area (Å²) >= 11 is 0. The first-order chi connectivity index (χ1) is 9.26. The lowest BCUT2D eigenvalue weighted by atomic mass is 10.1. The smallest absolute Gasteiger partial charge is 0.328 e. The summed E-state index contributed by atoms with van der Waals surface area (Å²) in [6, 6.07) is 7.09. The fourth-order valence-electron chi connectivity index (χ4n) is 1.54. The van der Waals surface area contributed by atoms with Gasteiger partial charge in [-0.3, -0.25) is 0 Å². The SMILES string of the molecule is CC(C)(C)NC(=O)NCc1cccc(C=CC(=O)O)c1. The Balaban J connectivity index is 2.59. The topological polar surface area (TPSA) is 78.4 Å². The highest BCUT2D eigenvalue weighted by Crippen LogP contribution is 2.07. The van der Waals surface area contributed by atoms with Crippen molar-refractivity contribution in [3.8, 4) is 0 Å². The number of carboxylic acids is 1. The van der Waals surface area contributed by atoms with Crippen LogP contribution in [0.1, 0.15) is 31.9 Å². The molecule has 0 heterocycles. The van der Waals surface area contributed by atoms with Gasteiger partial charge in [-0.05, 0) is 44.0 Å². The number of carboxylic acid groups (broad SMARTS) is 1. The molecule has 1 aromatic carbocycles. The van der Waals surface area contributed by atoms with E-state index in [1.165, 1.54) is 6.08 Å². The fraction of sp³-hybridized carbons (Fsp3) is 0.333. The average Bonchev–Trinajstić information content (AvgIpc) is 2.32. The van der Waals surface area contributed by atoms with Crippen molar-refractivity contribution in [3.05, 3.63) is 41.5 Å². The third kappa shape index (κ3) is 6.58. The summed E-state index contributed by atoms with van der Waals surface area (Å²) in [6.07, 6.45) is 2.60. The second-order valence-electron chi connectivity index (χ2n) is 5.47. The molecule has 5 heteroatoms. The summed E-state index contributed by atoms with van der Waals surface area (Å²) in [5.41, 5.74) is 1.40. The third-order valence-electron chi connectivity index (χ3n) is 2.31. The Morgan fingerprint density at radius 2 is 2.00 bits per heavy atom. The van der Waals surface area contributed by atoms with Gasteiger partial charge in [-0.2, -0.15) is 0 Å². The van der Waals surface area contributed by atoms with Gasteiger partial charge < -0.3 is 15.7 Å². The molecule has 0 spiro atoms. The standard InChI is InChI=1S/C15H20N2O3/c1-15(2,3)17-14(20)16-10-12-6-4-5-11(9-12)7-8-13(18)19/h4-9H,10H2,1-3H3,(H,18,19)(H2,16,17,20). The van der Waals surface area contributed by atoms with E-state index in [9.17, 15) is 9.59 Å². The van der Waals surface area contributed by atoms with Crippen molar-refractivity contribution in [2.24, 2.45) is 0 Å². The fourth-order valence-corrected chi connectivity index (χ4v) is 1.54. The largest absolute Gasteiger partial charge is 0.478 e. The Kier molecular flexibility index (Phi) is 5.32. The molecule has 0 aliphatic rings. The molecular formula is C15H20N2O3. The summed E-state index contributed by atoms with van der Waals surface area (Å²) in [7, 11) is 0. The van der Waals surface area contributed by atoms with Crippen LogP contribution in [0.4, 0.5) is 4.79 Å². The van der Waals surface area contributed by atoms with E-state index in [2.05, 4.69) is 10.6 Å². The van der Waals surface area contributed by atoms with Crippen molar-refractivity contribution in [2.75, 3.05) is 0 Å². The second-order valence-corrected chi connectivity index (χ2v) is 5.47. The molecule has 2 amide bonds. The number of nitrogens with one attached hydrogen (secondary N) is 2. The van der Waals surface area contributed by atoms with Crippen LogP contribution in [-0.2, 0) is 11.3 Å². The number of hydrogen-bond donors (Lipinski definition) is 3. The van der Waals surface area contributed by atoms with Crippen LogP contribution in [0.5, 0.6) is 0 Å². The van der Waals surface area contributed by atoms with Gasteiger partial charge >= 0.3 is 12.0 Å². The molecule has 1 rings (SSSR count). The van der Waals surface area contributed by atoms with Gasteiger partial charge in [0.15, 0.2) is 0 Å². The molecule has 0 unspecified atom stereocenters. The van der Waals surface area contributed by atoms with E-state index in [1.54, 1.807) is 6.07 Å². The summed E-state index contributed by atoms with van der Waals surface area (Å²) in [5, 5.41) is 14.1. The highest BCUT2D eigenvalue weighted by molar-refractivity contribution is 5.85. The molecule has 0 radical (unpaired) electrons. The van der Waals surface area contributed by atoms with E-state index in [4.69, 9.17) is 5.11 Å². The van der Waals surface area contributed by atoms with Crippen LogP contribution < -0.4 is 10.6 Å². The highest BCUT2D eigenvalue weighted by Gasteiger charge is 2.12. The van der Waals surface area contributed by atoms with Gasteiger partial charge in [0, 0.05) is 18.2 Å². The van der Waals surface area contributed by atoms with Crippen LogP contribution in [0, 0.1) is 0 Å². The van der Waals surface area contributed by atoms with E-state index in [1.807, 2.05) is 39.0 Å². The number of aliphatic carboxylic acids is 1. The van der Waals surface area contributed by atoms with Crippen molar-refractivity contribution < 1.29 is 14.7 Å². The summed E-state index contributed by atoms with van der Waals surface area (Å²) in [5.74, 6) is -0.988. The van der Waals surface area contributed by atoms with E-state index < -0.39 is 5.97 Å². The minimum atomic E-state index is -0.988. The number of carbonyl (C=O) groups is 2. The monoisotopic (exact) mass is 276 g/mol. The zero-order valence-electron chi connectivity index (χ0n) is 11.9. The lowest BCUT2D eigenvalue weighted by molar-refractivity contribution is -0.131. The third-order valence-corrected chi connectivity index (χ3v) is 2.31. The van der Waals surface area contributed by atoms with E-state index in [0.717, 1.165) is 17.2 Å². The maximum atomic E-state index is 11.6. The van der Waals surface area contributed by atoms with E-state index in [-0.39, 0.29) is 11.6 Å². The first-order valence-electron chi connectivity index (χ1n) is 6.32. The molecule has 0 saturated carbocycles. The summed E-state index contributed by atoms with van der Waals surface area (Å²) < 4.78 is 0. The molecule has 0 fully saturated rings. The molecule has 108 valence electrons. The van der Waals surface area contributed by atoms with Crippen LogP contribution in [0.3, 0.4) is 0 Å². The van der Waals surface area contributed by atoms with Gasteiger partial charge in [-0.25, -0.2) is 9.59 Å². The number of hydrogen-bond acceptors (Lipinski definition) is 2. The number of urea groups is 1. The maximum absolute atomic E-state index is 11.6. The normalized spacial score (nSPS) is 11.3. The lowest BCUT2D eigenvalue weighted by Gasteiger charge is -2.20. The zero-order valence-corrected chi connectivity index (χ0v) is 11.9. The Bertz CT molecular complexity index is 516. The van der Waals surface area contributed by atoms with Crippen LogP contribution in [0.25, 0.3) is 6.08 Å². The molecule has 0 saturated heterocycles. The molecule has 5 nitrogen and oxygen atoms in total. The van der Waals surface area contributed by atoms with Crippen molar-refractivity contribution >= 4 is 18.1 Å². The van der Waals surface area contributed by atoms with Crippen molar-refractivity contribution in [1.29, 1.82) is 0 Å². The lowest BCUT2D eigenvalue weighted by Crippen LogP contribution is -2.46. The zero-order chi connectivity index (χ0) is 15.2. The van der Waals surface area contributed by atoms with Crippen molar-refractivity contribution in [2.45, 2.75) is 32.9 Å². The number of carbonyl (C=O) groups excluding carboxylic acids is 1. The van der Waals surface area contributed by atoms with Crippen molar-refractivity contribution in [1.82, 2.24) is 10.6 Å². The molecule has 1 aromatic rings. The van der Waals surface area contributed by atoms with Crippen LogP contribution in [0.15, 0.2) is 30.3 Å². The van der Waals surface area contributed by atoms with Gasteiger partial charge in [-0.15, -0.1) is 0 Å². The second kappa shape index (κ2) is 6.75. The van der Waals surface area contributed by atoms with Crippen molar-refractivity contribution in [3.63, 3.8) is 0 Å². The first-order valence-corrected chi connectivity index (χ1v) is 6.32. The quantitative estimate of drug-likeness (QED) is 0.739. The predicted molar refractivity (Wildman–Crippen MR) is 78.2 cm³/mol. The number of rotatable bonds is 4. The van der Waals surface area contributed by atoms with Gasteiger partial charge in [0.05, 0.1) is 0 Å². The maximum Gasteiger partial charge on any atom is 0.328 e. The van der Waals surface area contributed by atoms with Gasteiger partial charge in [-0.1, -0.05) is 18.2 Å². The molecular weight excluding hydrogens is 256 g/mol. The van der Waals surface area contributed by atoms with Gasteiger partial charge in [0.2, 0.25) is 0 Å². The van der Waals surface area contributed by atoms with Gasteiger partial charge in [0.25, 0.3) is 0 Å².